The van der Waals surface area contributed by atoms with E-state index in [9.17, 15) is 12.8 Å². The molecule has 2 aliphatic heterocycles. The van der Waals surface area contributed by atoms with Crippen molar-refractivity contribution in [1.82, 2.24) is 14.5 Å². The van der Waals surface area contributed by atoms with E-state index in [4.69, 9.17) is 4.74 Å². The number of piperidine rings is 1. The smallest absolute Gasteiger partial charge is 0.243 e. The molecule has 10 heteroatoms. The van der Waals surface area contributed by atoms with Gasteiger partial charge in [-0.2, -0.15) is 4.31 Å². The second kappa shape index (κ2) is 9.58. The minimum absolute atomic E-state index is 0.0531. The maximum absolute atomic E-state index is 14.2. The van der Waals surface area contributed by atoms with Crippen LogP contribution >= 0.6 is 0 Å². The van der Waals surface area contributed by atoms with Crippen molar-refractivity contribution in [2.24, 2.45) is 5.92 Å². The van der Waals surface area contributed by atoms with Crippen LogP contribution in [0.15, 0.2) is 35.2 Å². The minimum Gasteiger partial charge on any atom is -0.491 e. The average molecular weight is 464 g/mol. The van der Waals surface area contributed by atoms with Crippen molar-refractivity contribution in [3.05, 3.63) is 36.1 Å². The topological polar surface area (TPSA) is 78.9 Å². The van der Waals surface area contributed by atoms with Crippen LogP contribution in [0.4, 0.5) is 16.0 Å². The maximum Gasteiger partial charge on any atom is 0.243 e. The Kier molecular flexibility index (Phi) is 6.80. The number of benzene rings is 1. The van der Waals surface area contributed by atoms with Crippen molar-refractivity contribution < 1.29 is 17.5 Å². The summed E-state index contributed by atoms with van der Waals surface area (Å²) in [5.74, 6) is 1.76. The van der Waals surface area contributed by atoms with E-state index in [0.29, 0.717) is 32.8 Å². The van der Waals surface area contributed by atoms with Gasteiger partial charge in [0, 0.05) is 39.3 Å². The number of anilines is 2. The Bertz CT molecular complexity index is 1020. The van der Waals surface area contributed by atoms with Crippen molar-refractivity contribution in [3.63, 3.8) is 0 Å². The molecule has 3 heterocycles. The Morgan fingerprint density at radius 2 is 1.56 bits per heavy atom. The Morgan fingerprint density at radius 3 is 2.09 bits per heavy atom. The Morgan fingerprint density at radius 1 is 0.969 bits per heavy atom. The zero-order valence-electron chi connectivity index (χ0n) is 18.6. The van der Waals surface area contributed by atoms with Gasteiger partial charge in [0.15, 0.2) is 23.2 Å². The van der Waals surface area contributed by atoms with Crippen molar-refractivity contribution in [2.75, 3.05) is 55.7 Å². The summed E-state index contributed by atoms with van der Waals surface area (Å²) in [6.07, 6.45) is 2.33. The fourth-order valence-corrected chi connectivity index (χ4v) is 5.55. The van der Waals surface area contributed by atoms with Crippen LogP contribution in [-0.4, -0.2) is 68.8 Å². The number of piperazine rings is 1. The molecule has 0 N–H and O–H groups in total. The SMILES string of the molecule is CCOc1ccc(S(=O)(=O)N2CCN(c3ccc(N4CCC(C)CC4)nn3)CC2)cc1F. The third-order valence-electron chi connectivity index (χ3n) is 6.15. The number of nitrogens with zero attached hydrogens (tertiary/aromatic N) is 5. The molecule has 1 aromatic heterocycles. The molecule has 1 aromatic carbocycles. The van der Waals surface area contributed by atoms with E-state index < -0.39 is 15.8 Å². The molecule has 8 nitrogen and oxygen atoms in total. The van der Waals surface area contributed by atoms with E-state index in [1.165, 1.54) is 16.4 Å². The number of ether oxygens (including phenoxy) is 1. The van der Waals surface area contributed by atoms with Crippen LogP contribution in [0, 0.1) is 11.7 Å². The number of hydrogen-bond acceptors (Lipinski definition) is 7. The summed E-state index contributed by atoms with van der Waals surface area (Å²) in [5.41, 5.74) is 0. The third kappa shape index (κ3) is 4.80. The highest BCUT2D eigenvalue weighted by Crippen LogP contribution is 2.26. The lowest BCUT2D eigenvalue weighted by Crippen LogP contribution is -2.49. The zero-order chi connectivity index (χ0) is 22.7. The largest absolute Gasteiger partial charge is 0.491 e. The molecule has 0 atom stereocenters. The molecule has 32 heavy (non-hydrogen) atoms. The first-order valence-electron chi connectivity index (χ1n) is 11.1. The van der Waals surface area contributed by atoms with Crippen LogP contribution in [-0.2, 0) is 10.0 Å². The fraction of sp³-hybridized carbons (Fsp3) is 0.545. The lowest BCUT2D eigenvalue weighted by Gasteiger charge is -2.35. The second-order valence-corrected chi connectivity index (χ2v) is 10.3. The summed E-state index contributed by atoms with van der Waals surface area (Å²) in [4.78, 5) is 4.23. The highest BCUT2D eigenvalue weighted by atomic mass is 32.2. The minimum atomic E-state index is -3.78. The zero-order valence-corrected chi connectivity index (χ0v) is 19.4. The molecule has 2 saturated heterocycles. The quantitative estimate of drug-likeness (QED) is 0.652. The molecule has 4 rings (SSSR count). The van der Waals surface area contributed by atoms with Crippen molar-refractivity contribution >= 4 is 21.7 Å². The van der Waals surface area contributed by atoms with Crippen LogP contribution in [0.3, 0.4) is 0 Å². The van der Waals surface area contributed by atoms with E-state index in [1.807, 2.05) is 17.0 Å². The molecule has 0 aliphatic carbocycles. The van der Waals surface area contributed by atoms with Crippen molar-refractivity contribution in [3.8, 4) is 5.75 Å². The Labute approximate surface area is 189 Å². The number of halogens is 1. The van der Waals surface area contributed by atoms with Gasteiger partial charge in [-0.05, 0) is 56.0 Å². The molecule has 0 amide bonds. The molecular formula is C22H30FN5O3S. The van der Waals surface area contributed by atoms with Crippen LogP contribution in [0.5, 0.6) is 5.75 Å². The molecule has 2 aliphatic rings. The lowest BCUT2D eigenvalue weighted by molar-refractivity contribution is 0.321. The van der Waals surface area contributed by atoms with E-state index in [1.54, 1.807) is 6.92 Å². The van der Waals surface area contributed by atoms with Crippen molar-refractivity contribution in [1.29, 1.82) is 0 Å². The van der Waals surface area contributed by atoms with Gasteiger partial charge >= 0.3 is 0 Å². The van der Waals surface area contributed by atoms with E-state index in [0.717, 1.165) is 49.6 Å². The van der Waals surface area contributed by atoms with Gasteiger partial charge in [-0.25, -0.2) is 12.8 Å². The van der Waals surface area contributed by atoms with Gasteiger partial charge in [0.2, 0.25) is 10.0 Å². The first kappa shape index (κ1) is 22.7. The first-order chi connectivity index (χ1) is 15.4. The van der Waals surface area contributed by atoms with Crippen LogP contribution in [0.1, 0.15) is 26.7 Å². The molecular weight excluding hydrogens is 433 g/mol. The monoisotopic (exact) mass is 463 g/mol. The molecule has 0 bridgehead atoms. The van der Waals surface area contributed by atoms with Gasteiger partial charge < -0.3 is 14.5 Å². The number of sulfonamides is 1. The summed E-state index contributed by atoms with van der Waals surface area (Å²) in [5, 5.41) is 8.78. The molecule has 0 spiro atoms. The predicted molar refractivity (Wildman–Crippen MR) is 121 cm³/mol. The summed E-state index contributed by atoms with van der Waals surface area (Å²) in [6, 6.07) is 7.72. The maximum atomic E-state index is 14.2. The molecule has 0 unspecified atom stereocenters. The summed E-state index contributed by atoms with van der Waals surface area (Å²) in [7, 11) is -3.78. The normalized spacial score (nSPS) is 18.7. The van der Waals surface area contributed by atoms with E-state index in [2.05, 4.69) is 22.0 Å². The van der Waals surface area contributed by atoms with Crippen LogP contribution < -0.4 is 14.5 Å². The Balaban J connectivity index is 1.38. The Hall–Kier alpha value is -2.46. The number of rotatable bonds is 6. The predicted octanol–water partition coefficient (Wildman–Crippen LogP) is 2.76. The molecule has 2 fully saturated rings. The van der Waals surface area contributed by atoms with Gasteiger partial charge in [0.25, 0.3) is 0 Å². The summed E-state index contributed by atoms with van der Waals surface area (Å²) in [6.45, 7) is 7.91. The van der Waals surface area contributed by atoms with Gasteiger partial charge in [-0.3, -0.25) is 0 Å². The average Bonchev–Trinajstić information content (AvgIpc) is 2.81. The highest BCUT2D eigenvalue weighted by molar-refractivity contribution is 7.89. The van der Waals surface area contributed by atoms with Gasteiger partial charge in [0.1, 0.15) is 0 Å². The third-order valence-corrected chi connectivity index (χ3v) is 8.04. The van der Waals surface area contributed by atoms with Gasteiger partial charge in [-0.1, -0.05) is 6.92 Å². The van der Waals surface area contributed by atoms with E-state index >= 15 is 0 Å². The van der Waals surface area contributed by atoms with Gasteiger partial charge in [-0.15, -0.1) is 10.2 Å². The van der Waals surface area contributed by atoms with Crippen LogP contribution in [0.2, 0.25) is 0 Å². The van der Waals surface area contributed by atoms with Crippen LogP contribution in [0.25, 0.3) is 0 Å². The highest BCUT2D eigenvalue weighted by Gasteiger charge is 2.30. The lowest BCUT2D eigenvalue weighted by atomic mass is 9.99. The molecule has 0 radical (unpaired) electrons. The summed E-state index contributed by atoms with van der Waals surface area (Å²) >= 11 is 0. The summed E-state index contributed by atoms with van der Waals surface area (Å²) < 4.78 is 46.6. The molecule has 2 aromatic rings. The van der Waals surface area contributed by atoms with Gasteiger partial charge in [0.05, 0.1) is 11.5 Å². The fourth-order valence-electron chi connectivity index (χ4n) is 4.11. The molecule has 0 saturated carbocycles. The van der Waals surface area contributed by atoms with E-state index in [-0.39, 0.29) is 10.6 Å². The number of aromatic nitrogens is 2. The number of hydrogen-bond donors (Lipinski definition) is 0. The molecule has 174 valence electrons. The van der Waals surface area contributed by atoms with Crippen molar-refractivity contribution in [2.45, 2.75) is 31.6 Å². The second-order valence-electron chi connectivity index (χ2n) is 8.34. The standard InChI is InChI=1S/C22H30FN5O3S/c1-3-31-20-5-4-18(16-19(20)23)32(29,30)28-14-12-27(13-15-28)22-7-6-21(24-25-22)26-10-8-17(2)9-11-26/h4-7,16-17H,3,8-15H2,1-2H3. The first-order valence-corrected chi connectivity index (χ1v) is 12.6.